The van der Waals surface area contributed by atoms with Crippen molar-refractivity contribution in [2.24, 2.45) is 0 Å². The maximum absolute atomic E-state index is 12.0. The van der Waals surface area contributed by atoms with Crippen LogP contribution in [-0.4, -0.2) is 17.1 Å². The summed E-state index contributed by atoms with van der Waals surface area (Å²) in [5, 5.41) is 11.7. The summed E-state index contributed by atoms with van der Waals surface area (Å²) >= 11 is 4.07. The fraction of sp³-hybridized carbons (Fsp3) is 0. The standard InChI is InChI=1S/C14H12N2O3S/c17-13(18)11-8-4-5-9-12(11)16(20)14(19)15-10-6-2-1-3-7-10/h1-9,20H,(H,15,19)(H,17,18). The maximum atomic E-state index is 12.0. The Hall–Kier alpha value is -2.47. The monoisotopic (exact) mass is 288 g/mol. The van der Waals surface area contributed by atoms with Crippen molar-refractivity contribution in [3.8, 4) is 0 Å². The second kappa shape index (κ2) is 6.12. The molecule has 2 amide bonds. The molecule has 0 fully saturated rings. The van der Waals surface area contributed by atoms with Crippen molar-refractivity contribution >= 4 is 36.2 Å². The highest BCUT2D eigenvalue weighted by Crippen LogP contribution is 2.23. The van der Waals surface area contributed by atoms with Crippen molar-refractivity contribution in [1.82, 2.24) is 0 Å². The highest BCUT2D eigenvalue weighted by molar-refractivity contribution is 7.82. The van der Waals surface area contributed by atoms with Crippen LogP contribution in [0.3, 0.4) is 0 Å². The average Bonchev–Trinajstić information content (AvgIpc) is 2.47. The number of benzene rings is 2. The lowest BCUT2D eigenvalue weighted by atomic mass is 10.2. The fourth-order valence-corrected chi connectivity index (χ4v) is 1.87. The topological polar surface area (TPSA) is 69.6 Å². The van der Waals surface area contributed by atoms with Crippen LogP contribution in [0.25, 0.3) is 0 Å². The smallest absolute Gasteiger partial charge is 0.337 e. The molecule has 102 valence electrons. The summed E-state index contributed by atoms with van der Waals surface area (Å²) in [6, 6.07) is 14.5. The number of anilines is 2. The number of nitrogens with zero attached hydrogens (tertiary/aromatic N) is 1. The van der Waals surface area contributed by atoms with Gasteiger partial charge in [-0.05, 0) is 24.3 Å². The molecule has 0 unspecified atom stereocenters. The third-order valence-electron chi connectivity index (χ3n) is 2.58. The van der Waals surface area contributed by atoms with E-state index in [-0.39, 0.29) is 11.3 Å². The molecule has 20 heavy (non-hydrogen) atoms. The van der Waals surface area contributed by atoms with Gasteiger partial charge in [0.25, 0.3) is 0 Å². The molecule has 0 spiro atoms. The molecule has 6 heteroatoms. The quantitative estimate of drug-likeness (QED) is 0.759. The first-order valence-electron chi connectivity index (χ1n) is 5.77. The highest BCUT2D eigenvalue weighted by atomic mass is 32.1. The summed E-state index contributed by atoms with van der Waals surface area (Å²) < 4.78 is 0.969. The third-order valence-corrected chi connectivity index (χ3v) is 2.98. The SMILES string of the molecule is O=C(O)c1ccccc1N(S)C(=O)Nc1ccccc1. The number of para-hydroxylation sites is 2. The molecule has 0 heterocycles. The van der Waals surface area contributed by atoms with Crippen molar-refractivity contribution in [2.45, 2.75) is 0 Å². The van der Waals surface area contributed by atoms with E-state index in [0.717, 1.165) is 4.31 Å². The van der Waals surface area contributed by atoms with Gasteiger partial charge in [-0.3, -0.25) is 0 Å². The van der Waals surface area contributed by atoms with Crippen LogP contribution >= 0.6 is 12.8 Å². The number of urea groups is 1. The normalized spacial score (nSPS) is 9.85. The van der Waals surface area contributed by atoms with Crippen LogP contribution in [-0.2, 0) is 0 Å². The Morgan fingerprint density at radius 3 is 2.25 bits per heavy atom. The van der Waals surface area contributed by atoms with Crippen molar-refractivity contribution < 1.29 is 14.7 Å². The molecular weight excluding hydrogens is 276 g/mol. The maximum Gasteiger partial charge on any atom is 0.337 e. The Balaban J connectivity index is 2.21. The molecule has 0 aliphatic rings. The van der Waals surface area contributed by atoms with Gasteiger partial charge in [0.1, 0.15) is 0 Å². The first-order chi connectivity index (χ1) is 9.59. The van der Waals surface area contributed by atoms with E-state index in [1.54, 1.807) is 36.4 Å². The van der Waals surface area contributed by atoms with Gasteiger partial charge in [-0.1, -0.05) is 43.1 Å². The van der Waals surface area contributed by atoms with Crippen LogP contribution in [0.5, 0.6) is 0 Å². The van der Waals surface area contributed by atoms with Crippen LogP contribution in [0.15, 0.2) is 54.6 Å². The van der Waals surface area contributed by atoms with Crippen LogP contribution in [0.4, 0.5) is 16.2 Å². The number of thiol groups is 1. The van der Waals surface area contributed by atoms with Gasteiger partial charge in [0.15, 0.2) is 0 Å². The molecule has 0 bridgehead atoms. The van der Waals surface area contributed by atoms with E-state index in [0.29, 0.717) is 5.69 Å². The number of nitrogens with one attached hydrogen (secondary N) is 1. The first kappa shape index (κ1) is 14.0. The van der Waals surface area contributed by atoms with Crippen LogP contribution in [0.2, 0.25) is 0 Å². The van der Waals surface area contributed by atoms with Crippen LogP contribution in [0.1, 0.15) is 10.4 Å². The van der Waals surface area contributed by atoms with E-state index in [1.807, 2.05) is 6.07 Å². The molecule has 2 N–H and O–H groups in total. The lowest BCUT2D eigenvalue weighted by Gasteiger charge is -2.18. The summed E-state index contributed by atoms with van der Waals surface area (Å²) in [7, 11) is 0. The molecule has 0 radical (unpaired) electrons. The number of hydrogen-bond acceptors (Lipinski definition) is 3. The Labute approximate surface area is 121 Å². The molecule has 0 aliphatic carbocycles. The Bertz CT molecular complexity index is 631. The van der Waals surface area contributed by atoms with Crippen molar-refractivity contribution in [3.05, 3.63) is 60.2 Å². The van der Waals surface area contributed by atoms with E-state index in [9.17, 15) is 9.59 Å². The van der Waals surface area contributed by atoms with Gasteiger partial charge in [-0.2, -0.15) is 0 Å². The number of carbonyl (C=O) groups is 2. The minimum Gasteiger partial charge on any atom is -0.478 e. The number of carboxylic acid groups (broad SMARTS) is 1. The molecule has 5 nitrogen and oxygen atoms in total. The molecule has 0 aromatic heterocycles. The lowest BCUT2D eigenvalue weighted by molar-refractivity contribution is 0.0698. The number of rotatable bonds is 3. The number of carbonyl (C=O) groups excluding carboxylic acids is 1. The van der Waals surface area contributed by atoms with Gasteiger partial charge in [0, 0.05) is 5.69 Å². The van der Waals surface area contributed by atoms with Gasteiger partial charge in [-0.15, -0.1) is 0 Å². The van der Waals surface area contributed by atoms with E-state index in [2.05, 4.69) is 18.1 Å². The Kier molecular flexibility index (Phi) is 4.27. The van der Waals surface area contributed by atoms with Crippen LogP contribution < -0.4 is 9.62 Å². The predicted molar refractivity (Wildman–Crippen MR) is 80.3 cm³/mol. The summed E-state index contributed by atoms with van der Waals surface area (Å²) in [6.45, 7) is 0. The molecular formula is C14H12N2O3S. The third kappa shape index (κ3) is 3.10. The second-order valence-electron chi connectivity index (χ2n) is 3.93. The van der Waals surface area contributed by atoms with Gasteiger partial charge < -0.3 is 10.4 Å². The number of aromatic carboxylic acids is 1. The largest absolute Gasteiger partial charge is 0.478 e. The van der Waals surface area contributed by atoms with Gasteiger partial charge in [-0.25, -0.2) is 13.9 Å². The zero-order valence-corrected chi connectivity index (χ0v) is 11.2. The van der Waals surface area contributed by atoms with E-state index < -0.39 is 12.0 Å². The van der Waals surface area contributed by atoms with E-state index in [1.165, 1.54) is 12.1 Å². The zero-order valence-electron chi connectivity index (χ0n) is 10.4. The molecule has 2 aromatic rings. The summed E-state index contributed by atoms with van der Waals surface area (Å²) in [5.74, 6) is -1.12. The van der Waals surface area contributed by atoms with E-state index in [4.69, 9.17) is 5.11 Å². The van der Waals surface area contributed by atoms with Gasteiger partial charge in [0.2, 0.25) is 0 Å². The first-order valence-corrected chi connectivity index (χ1v) is 6.17. The summed E-state index contributed by atoms with van der Waals surface area (Å²) in [5.41, 5.74) is 0.812. The van der Waals surface area contributed by atoms with Crippen molar-refractivity contribution in [1.29, 1.82) is 0 Å². The zero-order chi connectivity index (χ0) is 14.5. The van der Waals surface area contributed by atoms with E-state index >= 15 is 0 Å². The average molecular weight is 288 g/mol. The number of hydrogen-bond donors (Lipinski definition) is 3. The fourth-order valence-electron chi connectivity index (χ4n) is 1.65. The van der Waals surface area contributed by atoms with Gasteiger partial charge in [0.05, 0.1) is 11.3 Å². The van der Waals surface area contributed by atoms with Crippen molar-refractivity contribution in [2.75, 3.05) is 9.62 Å². The Morgan fingerprint density at radius 2 is 1.60 bits per heavy atom. The summed E-state index contributed by atoms with van der Waals surface area (Å²) in [6.07, 6.45) is 0. The second-order valence-corrected chi connectivity index (χ2v) is 4.33. The van der Waals surface area contributed by atoms with Crippen LogP contribution in [0, 0.1) is 0 Å². The summed E-state index contributed by atoms with van der Waals surface area (Å²) in [4.78, 5) is 23.1. The highest BCUT2D eigenvalue weighted by Gasteiger charge is 2.18. The molecule has 2 rings (SSSR count). The van der Waals surface area contributed by atoms with Gasteiger partial charge >= 0.3 is 12.0 Å². The Morgan fingerprint density at radius 1 is 1.00 bits per heavy atom. The molecule has 0 saturated carbocycles. The molecule has 2 aromatic carbocycles. The molecule has 0 saturated heterocycles. The minimum absolute atomic E-state index is 0.00529. The number of carboxylic acids is 1. The molecule has 0 atom stereocenters. The predicted octanol–water partition coefficient (Wildman–Crippen LogP) is 3.27. The minimum atomic E-state index is -1.12. The number of amides is 2. The lowest BCUT2D eigenvalue weighted by Crippen LogP contribution is -2.28. The molecule has 0 aliphatic heterocycles. The van der Waals surface area contributed by atoms with Crippen molar-refractivity contribution in [3.63, 3.8) is 0 Å².